The summed E-state index contributed by atoms with van der Waals surface area (Å²) in [7, 11) is 1.57. The van der Waals surface area contributed by atoms with Crippen molar-refractivity contribution in [1.82, 2.24) is 15.0 Å². The summed E-state index contributed by atoms with van der Waals surface area (Å²) >= 11 is 0. The van der Waals surface area contributed by atoms with Gasteiger partial charge in [-0.05, 0) is 29.8 Å². The normalized spacial score (nSPS) is 10.6. The van der Waals surface area contributed by atoms with Gasteiger partial charge in [0.15, 0.2) is 5.82 Å². The second-order valence-corrected chi connectivity index (χ2v) is 5.80. The second-order valence-electron chi connectivity index (χ2n) is 5.80. The van der Waals surface area contributed by atoms with E-state index in [1.165, 1.54) is 4.80 Å². The molecular formula is C19H20N4O4. The van der Waals surface area contributed by atoms with Gasteiger partial charge in [-0.25, -0.2) is 4.79 Å². The highest BCUT2D eigenvalue weighted by Crippen LogP contribution is 2.21. The van der Waals surface area contributed by atoms with Crippen LogP contribution in [0.2, 0.25) is 0 Å². The lowest BCUT2D eigenvalue weighted by Crippen LogP contribution is -2.28. The topological polar surface area (TPSA) is 101 Å². The fraction of sp³-hybridized carbons (Fsp3) is 0.211. The van der Waals surface area contributed by atoms with E-state index in [0.717, 1.165) is 5.56 Å². The predicted octanol–water partition coefficient (Wildman–Crippen LogP) is 1.97. The van der Waals surface area contributed by atoms with Crippen molar-refractivity contribution in [3.05, 3.63) is 65.9 Å². The fourth-order valence-electron chi connectivity index (χ4n) is 2.67. The standard InChI is InChI=1S/C19H20N4O4/c1-27-16-9-7-15(8-10-16)23-20-17(19(25)26)18(21-23)22(11-12-24)13-14-5-3-2-4-6-14/h2-10,24H,11-13H2,1H3,(H,25,26). The van der Waals surface area contributed by atoms with Crippen LogP contribution in [0.15, 0.2) is 54.6 Å². The van der Waals surface area contributed by atoms with Gasteiger partial charge in [-0.3, -0.25) is 0 Å². The molecule has 3 rings (SSSR count). The number of anilines is 1. The van der Waals surface area contributed by atoms with Crippen LogP contribution in [-0.4, -0.2) is 51.4 Å². The number of benzene rings is 2. The number of aromatic nitrogens is 3. The number of aliphatic hydroxyl groups excluding tert-OH is 1. The molecule has 0 fully saturated rings. The molecule has 8 heteroatoms. The minimum absolute atomic E-state index is 0.138. The van der Waals surface area contributed by atoms with E-state index in [1.54, 1.807) is 36.3 Å². The number of ether oxygens (including phenoxy) is 1. The molecular weight excluding hydrogens is 348 g/mol. The lowest BCUT2D eigenvalue weighted by Gasteiger charge is -2.21. The van der Waals surface area contributed by atoms with Crippen molar-refractivity contribution in [2.24, 2.45) is 0 Å². The SMILES string of the molecule is COc1ccc(-n2nc(C(=O)O)c(N(CCO)Cc3ccccc3)n2)cc1. The van der Waals surface area contributed by atoms with Crippen molar-refractivity contribution in [2.45, 2.75) is 6.54 Å². The lowest BCUT2D eigenvalue weighted by atomic mass is 10.2. The molecule has 3 aromatic rings. The van der Waals surface area contributed by atoms with E-state index in [4.69, 9.17) is 4.74 Å². The van der Waals surface area contributed by atoms with Gasteiger partial charge in [0, 0.05) is 13.1 Å². The number of nitrogens with zero attached hydrogens (tertiary/aromatic N) is 4. The smallest absolute Gasteiger partial charge is 0.360 e. The number of methoxy groups -OCH3 is 1. The quantitative estimate of drug-likeness (QED) is 0.627. The van der Waals surface area contributed by atoms with Crippen LogP contribution in [0.1, 0.15) is 16.1 Å². The summed E-state index contributed by atoms with van der Waals surface area (Å²) < 4.78 is 5.13. The van der Waals surface area contributed by atoms with Crippen LogP contribution in [0.4, 0.5) is 5.82 Å². The van der Waals surface area contributed by atoms with Crippen LogP contribution in [-0.2, 0) is 6.54 Å². The summed E-state index contributed by atoms with van der Waals surface area (Å²) in [6.07, 6.45) is 0. The molecule has 8 nitrogen and oxygen atoms in total. The molecule has 140 valence electrons. The predicted molar refractivity (Wildman–Crippen MR) is 99.4 cm³/mol. The number of hydrogen-bond donors (Lipinski definition) is 2. The molecule has 0 spiro atoms. The zero-order chi connectivity index (χ0) is 19.2. The zero-order valence-electron chi connectivity index (χ0n) is 14.8. The van der Waals surface area contributed by atoms with Crippen molar-refractivity contribution in [1.29, 1.82) is 0 Å². The average Bonchev–Trinajstić information content (AvgIpc) is 3.14. The number of aromatic carboxylic acids is 1. The van der Waals surface area contributed by atoms with Crippen LogP contribution in [0.3, 0.4) is 0 Å². The number of carboxylic acids is 1. The summed E-state index contributed by atoms with van der Waals surface area (Å²) in [5.41, 5.74) is 1.41. The van der Waals surface area contributed by atoms with E-state index in [-0.39, 0.29) is 24.7 Å². The average molecular weight is 368 g/mol. The molecule has 0 unspecified atom stereocenters. The first kappa shape index (κ1) is 18.4. The van der Waals surface area contributed by atoms with Crippen molar-refractivity contribution < 1.29 is 19.7 Å². The Kier molecular flexibility index (Phi) is 5.68. The molecule has 2 aromatic carbocycles. The maximum atomic E-state index is 11.7. The van der Waals surface area contributed by atoms with Crippen LogP contribution in [0.25, 0.3) is 5.69 Å². The van der Waals surface area contributed by atoms with Crippen LogP contribution in [0.5, 0.6) is 5.75 Å². The summed E-state index contributed by atoms with van der Waals surface area (Å²) in [6.45, 7) is 0.501. The van der Waals surface area contributed by atoms with Crippen LogP contribution >= 0.6 is 0 Å². The van der Waals surface area contributed by atoms with Gasteiger partial charge in [-0.15, -0.1) is 15.0 Å². The van der Waals surface area contributed by atoms with Crippen molar-refractivity contribution in [2.75, 3.05) is 25.2 Å². The Hall–Kier alpha value is -3.39. The van der Waals surface area contributed by atoms with Crippen LogP contribution in [0, 0.1) is 0 Å². The molecule has 0 aliphatic rings. The number of carboxylic acid groups (broad SMARTS) is 1. The first-order valence-electron chi connectivity index (χ1n) is 8.37. The molecule has 0 amide bonds. The Morgan fingerprint density at radius 1 is 1.11 bits per heavy atom. The van der Waals surface area contributed by atoms with E-state index in [1.807, 2.05) is 30.3 Å². The number of rotatable bonds is 8. The number of aliphatic hydroxyl groups is 1. The second kappa shape index (κ2) is 8.33. The maximum absolute atomic E-state index is 11.7. The van der Waals surface area contributed by atoms with E-state index in [2.05, 4.69) is 10.2 Å². The molecule has 0 aliphatic heterocycles. The summed E-state index contributed by atoms with van der Waals surface area (Å²) in [5, 5.41) is 27.5. The van der Waals surface area contributed by atoms with E-state index in [9.17, 15) is 15.0 Å². The number of carbonyl (C=O) groups is 1. The van der Waals surface area contributed by atoms with Gasteiger partial charge in [0.1, 0.15) is 5.75 Å². The lowest BCUT2D eigenvalue weighted by molar-refractivity contribution is 0.0690. The van der Waals surface area contributed by atoms with Gasteiger partial charge >= 0.3 is 5.97 Å². The van der Waals surface area contributed by atoms with Gasteiger partial charge < -0.3 is 19.8 Å². The Bertz CT molecular complexity index is 894. The monoisotopic (exact) mass is 368 g/mol. The highest BCUT2D eigenvalue weighted by molar-refractivity contribution is 5.91. The Labute approximate surface area is 156 Å². The molecule has 0 aliphatic carbocycles. The van der Waals surface area contributed by atoms with Crippen molar-refractivity contribution in [3.8, 4) is 11.4 Å². The maximum Gasteiger partial charge on any atom is 0.360 e. The Morgan fingerprint density at radius 2 is 1.81 bits per heavy atom. The van der Waals surface area contributed by atoms with Gasteiger partial charge in [0.2, 0.25) is 5.69 Å². The third-order valence-electron chi connectivity index (χ3n) is 3.99. The Balaban J connectivity index is 1.98. The molecule has 0 atom stereocenters. The largest absolute Gasteiger partial charge is 0.497 e. The minimum atomic E-state index is -1.18. The number of hydrogen-bond acceptors (Lipinski definition) is 6. The minimum Gasteiger partial charge on any atom is -0.497 e. The molecule has 1 aromatic heterocycles. The summed E-state index contributed by atoms with van der Waals surface area (Å²) in [5.74, 6) is -0.299. The molecule has 1 heterocycles. The van der Waals surface area contributed by atoms with Crippen LogP contribution < -0.4 is 9.64 Å². The van der Waals surface area contributed by atoms with Gasteiger partial charge in [0.25, 0.3) is 0 Å². The summed E-state index contributed by atoms with van der Waals surface area (Å²) in [4.78, 5) is 14.7. The molecule has 0 saturated heterocycles. The first-order chi connectivity index (χ1) is 13.1. The fourth-order valence-corrected chi connectivity index (χ4v) is 2.67. The summed E-state index contributed by atoms with van der Waals surface area (Å²) in [6, 6.07) is 16.5. The third-order valence-corrected chi connectivity index (χ3v) is 3.99. The van der Waals surface area contributed by atoms with Gasteiger partial charge in [0.05, 0.1) is 19.4 Å². The molecule has 0 saturated carbocycles. The molecule has 27 heavy (non-hydrogen) atoms. The van der Waals surface area contributed by atoms with E-state index < -0.39 is 5.97 Å². The highest BCUT2D eigenvalue weighted by Gasteiger charge is 2.23. The zero-order valence-corrected chi connectivity index (χ0v) is 14.8. The van der Waals surface area contributed by atoms with Gasteiger partial charge in [-0.2, -0.15) is 0 Å². The van der Waals surface area contributed by atoms with Gasteiger partial charge in [-0.1, -0.05) is 30.3 Å². The van der Waals surface area contributed by atoms with E-state index >= 15 is 0 Å². The van der Waals surface area contributed by atoms with E-state index in [0.29, 0.717) is 18.0 Å². The highest BCUT2D eigenvalue weighted by atomic mass is 16.5. The van der Waals surface area contributed by atoms with Crippen molar-refractivity contribution in [3.63, 3.8) is 0 Å². The molecule has 2 N–H and O–H groups in total. The van der Waals surface area contributed by atoms with Crippen molar-refractivity contribution >= 4 is 11.8 Å². The molecule has 0 radical (unpaired) electrons. The first-order valence-corrected chi connectivity index (χ1v) is 8.37. The molecule has 0 bridgehead atoms. The third kappa shape index (κ3) is 4.24. The Morgan fingerprint density at radius 3 is 2.41 bits per heavy atom.